The van der Waals surface area contributed by atoms with E-state index >= 15 is 0 Å². The second kappa shape index (κ2) is 9.17. The van der Waals surface area contributed by atoms with Crippen molar-refractivity contribution in [3.63, 3.8) is 0 Å². The number of aromatic amines is 1. The number of nitrogens with zero attached hydrogens (tertiary/aromatic N) is 1. The highest BCUT2D eigenvalue weighted by Gasteiger charge is 2.14. The number of unbranched alkanes of at least 4 members (excludes halogenated alkanes) is 1. The van der Waals surface area contributed by atoms with Crippen LogP contribution < -0.4 is 16.2 Å². The molecule has 0 fully saturated rings. The van der Waals surface area contributed by atoms with E-state index in [9.17, 15) is 9.59 Å². The number of urea groups is 1. The van der Waals surface area contributed by atoms with E-state index in [2.05, 4.69) is 34.4 Å². The first kappa shape index (κ1) is 19.7. The molecule has 2 rings (SSSR count). The van der Waals surface area contributed by atoms with Crippen molar-refractivity contribution >= 4 is 17.7 Å². The SMILES string of the molecule is CCCCC(CC)c1cc(=O)[nH]c(NC(=O)Nc2cc(C)ccc2C)n1. The van der Waals surface area contributed by atoms with Gasteiger partial charge in [0.05, 0.1) is 5.69 Å². The Morgan fingerprint density at radius 3 is 2.65 bits per heavy atom. The Bertz CT molecular complexity index is 814. The van der Waals surface area contributed by atoms with E-state index in [4.69, 9.17) is 0 Å². The predicted octanol–water partition coefficient (Wildman–Crippen LogP) is 4.71. The topological polar surface area (TPSA) is 86.9 Å². The molecule has 0 aliphatic heterocycles. The smallest absolute Gasteiger partial charge is 0.307 e. The average Bonchev–Trinajstić information content (AvgIpc) is 2.58. The van der Waals surface area contributed by atoms with Crippen LogP contribution in [0.25, 0.3) is 0 Å². The number of amides is 2. The zero-order chi connectivity index (χ0) is 19.1. The number of aromatic nitrogens is 2. The van der Waals surface area contributed by atoms with E-state index in [1.165, 1.54) is 6.07 Å². The van der Waals surface area contributed by atoms with Gasteiger partial charge in [-0.2, -0.15) is 0 Å². The quantitative estimate of drug-likeness (QED) is 0.671. The van der Waals surface area contributed by atoms with Crippen LogP contribution in [-0.4, -0.2) is 16.0 Å². The summed E-state index contributed by atoms with van der Waals surface area (Å²) in [4.78, 5) is 31.3. The Labute approximate surface area is 154 Å². The molecule has 0 saturated heterocycles. The molecule has 6 nitrogen and oxygen atoms in total. The maximum atomic E-state index is 12.3. The van der Waals surface area contributed by atoms with Crippen molar-refractivity contribution in [2.75, 3.05) is 10.6 Å². The number of nitrogens with one attached hydrogen (secondary N) is 3. The highest BCUT2D eigenvalue weighted by molar-refractivity contribution is 5.99. The molecule has 0 aliphatic carbocycles. The molecule has 1 atom stereocenters. The van der Waals surface area contributed by atoms with Crippen molar-refractivity contribution < 1.29 is 4.79 Å². The fourth-order valence-corrected chi connectivity index (χ4v) is 2.89. The van der Waals surface area contributed by atoms with Crippen LogP contribution in [0.3, 0.4) is 0 Å². The van der Waals surface area contributed by atoms with Crippen LogP contribution in [0.5, 0.6) is 0 Å². The number of anilines is 2. The van der Waals surface area contributed by atoms with Crippen LogP contribution in [0.1, 0.15) is 62.3 Å². The first-order chi connectivity index (χ1) is 12.4. The van der Waals surface area contributed by atoms with Crippen LogP contribution in [0, 0.1) is 13.8 Å². The van der Waals surface area contributed by atoms with Gasteiger partial charge >= 0.3 is 6.03 Å². The summed E-state index contributed by atoms with van der Waals surface area (Å²) in [5, 5.41) is 5.44. The zero-order valence-electron chi connectivity index (χ0n) is 16.0. The molecule has 0 aliphatic rings. The number of aryl methyl sites for hydroxylation is 2. The second-order valence-corrected chi connectivity index (χ2v) is 6.66. The van der Waals surface area contributed by atoms with Crippen molar-refractivity contribution in [2.45, 2.75) is 59.3 Å². The fourth-order valence-electron chi connectivity index (χ4n) is 2.89. The van der Waals surface area contributed by atoms with E-state index in [-0.39, 0.29) is 17.4 Å². The molecule has 140 valence electrons. The third kappa shape index (κ3) is 5.44. The molecule has 1 aromatic carbocycles. The summed E-state index contributed by atoms with van der Waals surface area (Å²) >= 11 is 0. The zero-order valence-corrected chi connectivity index (χ0v) is 16.0. The lowest BCUT2D eigenvalue weighted by molar-refractivity contribution is 0.262. The Balaban J connectivity index is 2.14. The monoisotopic (exact) mass is 356 g/mol. The van der Waals surface area contributed by atoms with Crippen molar-refractivity contribution in [1.29, 1.82) is 0 Å². The first-order valence-electron chi connectivity index (χ1n) is 9.19. The molecule has 0 radical (unpaired) electrons. The molecular weight excluding hydrogens is 328 g/mol. The Morgan fingerprint density at radius 1 is 1.19 bits per heavy atom. The molecule has 6 heteroatoms. The molecule has 2 aromatic rings. The van der Waals surface area contributed by atoms with Gasteiger partial charge < -0.3 is 5.32 Å². The number of hydrogen-bond acceptors (Lipinski definition) is 3. The minimum Gasteiger partial charge on any atom is -0.307 e. The summed E-state index contributed by atoms with van der Waals surface area (Å²) in [6, 6.07) is 6.94. The van der Waals surface area contributed by atoms with Crippen molar-refractivity contribution in [3.8, 4) is 0 Å². The summed E-state index contributed by atoms with van der Waals surface area (Å²) in [5.74, 6) is 0.394. The molecule has 1 unspecified atom stereocenters. The van der Waals surface area contributed by atoms with Crippen LogP contribution >= 0.6 is 0 Å². The largest absolute Gasteiger partial charge is 0.326 e. The summed E-state index contributed by atoms with van der Waals surface area (Å²) in [5.41, 5.74) is 3.22. The van der Waals surface area contributed by atoms with Gasteiger partial charge in [-0.15, -0.1) is 0 Å². The summed E-state index contributed by atoms with van der Waals surface area (Å²) < 4.78 is 0. The summed E-state index contributed by atoms with van der Waals surface area (Å²) in [6.45, 7) is 8.12. The van der Waals surface area contributed by atoms with E-state index < -0.39 is 6.03 Å². The highest BCUT2D eigenvalue weighted by atomic mass is 16.2. The summed E-state index contributed by atoms with van der Waals surface area (Å²) in [6.07, 6.45) is 4.08. The lowest BCUT2D eigenvalue weighted by Gasteiger charge is -2.15. The number of carbonyl (C=O) groups excluding carboxylic acids is 1. The predicted molar refractivity (Wildman–Crippen MR) is 106 cm³/mol. The van der Waals surface area contributed by atoms with Gasteiger partial charge in [0.15, 0.2) is 0 Å². The van der Waals surface area contributed by atoms with Gasteiger partial charge in [0, 0.05) is 17.7 Å². The number of H-pyrrole nitrogens is 1. The maximum Gasteiger partial charge on any atom is 0.326 e. The molecule has 1 aromatic heterocycles. The highest BCUT2D eigenvalue weighted by Crippen LogP contribution is 2.23. The lowest BCUT2D eigenvalue weighted by Crippen LogP contribution is -2.24. The molecular formula is C20H28N4O2. The van der Waals surface area contributed by atoms with E-state index in [1.54, 1.807) is 0 Å². The van der Waals surface area contributed by atoms with Gasteiger partial charge in [0.25, 0.3) is 5.56 Å². The number of benzene rings is 1. The maximum absolute atomic E-state index is 12.3. The van der Waals surface area contributed by atoms with Crippen molar-refractivity contribution in [3.05, 3.63) is 51.4 Å². The third-order valence-corrected chi connectivity index (χ3v) is 4.45. The van der Waals surface area contributed by atoms with E-state index in [1.807, 2.05) is 32.0 Å². The number of rotatable bonds is 7. The fraction of sp³-hybridized carbons (Fsp3) is 0.450. The van der Waals surface area contributed by atoms with Gasteiger partial charge in [0.2, 0.25) is 5.95 Å². The van der Waals surface area contributed by atoms with E-state index in [0.717, 1.165) is 48.2 Å². The molecule has 0 spiro atoms. The molecule has 3 N–H and O–H groups in total. The first-order valence-corrected chi connectivity index (χ1v) is 9.19. The Morgan fingerprint density at radius 2 is 1.96 bits per heavy atom. The molecule has 2 amide bonds. The van der Waals surface area contributed by atoms with Crippen LogP contribution in [0.4, 0.5) is 16.4 Å². The number of carbonyl (C=O) groups is 1. The van der Waals surface area contributed by atoms with Gasteiger partial charge in [-0.3, -0.25) is 15.1 Å². The average molecular weight is 356 g/mol. The van der Waals surface area contributed by atoms with Gasteiger partial charge in [0.1, 0.15) is 0 Å². The van der Waals surface area contributed by atoms with Crippen LogP contribution in [-0.2, 0) is 0 Å². The molecule has 0 bridgehead atoms. The minimum atomic E-state index is -0.430. The normalized spacial score (nSPS) is 11.8. The van der Waals surface area contributed by atoms with Crippen LogP contribution in [0.15, 0.2) is 29.1 Å². The Hall–Kier alpha value is -2.63. The number of hydrogen-bond donors (Lipinski definition) is 3. The minimum absolute atomic E-state index is 0.172. The van der Waals surface area contributed by atoms with Crippen molar-refractivity contribution in [2.24, 2.45) is 0 Å². The second-order valence-electron chi connectivity index (χ2n) is 6.66. The van der Waals surface area contributed by atoms with Crippen LogP contribution in [0.2, 0.25) is 0 Å². The Kier molecular flexibility index (Phi) is 6.95. The summed E-state index contributed by atoms with van der Waals surface area (Å²) in [7, 11) is 0. The molecule has 1 heterocycles. The van der Waals surface area contributed by atoms with Crippen molar-refractivity contribution in [1.82, 2.24) is 9.97 Å². The standard InChI is InChI=1S/C20H28N4O2/c1-5-7-8-15(6-2)17-12-18(25)23-19(21-17)24-20(26)22-16-11-13(3)9-10-14(16)4/h9-12,15H,5-8H2,1-4H3,(H3,21,22,23,24,25,26). The molecule has 26 heavy (non-hydrogen) atoms. The van der Waals surface area contributed by atoms with E-state index in [0.29, 0.717) is 0 Å². The molecule has 0 saturated carbocycles. The lowest BCUT2D eigenvalue weighted by atomic mass is 9.96. The van der Waals surface area contributed by atoms with Gasteiger partial charge in [-0.05, 0) is 43.9 Å². The third-order valence-electron chi connectivity index (χ3n) is 4.45. The van der Waals surface area contributed by atoms with Gasteiger partial charge in [-0.1, -0.05) is 38.8 Å². The van der Waals surface area contributed by atoms with Gasteiger partial charge in [-0.25, -0.2) is 9.78 Å².